The van der Waals surface area contributed by atoms with Crippen molar-refractivity contribution in [1.29, 1.82) is 0 Å². The van der Waals surface area contributed by atoms with Crippen molar-refractivity contribution < 1.29 is 24.2 Å². The van der Waals surface area contributed by atoms with Gasteiger partial charge >= 0.3 is 5.97 Å². The molecule has 0 spiro atoms. The molecular formula is C13H21NO5. The van der Waals surface area contributed by atoms with E-state index >= 15 is 0 Å². The molecule has 0 radical (unpaired) electrons. The quantitative estimate of drug-likeness (QED) is 0.812. The van der Waals surface area contributed by atoms with Crippen LogP contribution < -0.4 is 0 Å². The topological polar surface area (TPSA) is 76.1 Å². The number of amides is 1. The lowest BCUT2D eigenvalue weighted by Crippen LogP contribution is -2.49. The summed E-state index contributed by atoms with van der Waals surface area (Å²) >= 11 is 0. The van der Waals surface area contributed by atoms with Crippen LogP contribution in [0.4, 0.5) is 0 Å². The predicted octanol–water partition coefficient (Wildman–Crippen LogP) is 0.648. The molecule has 0 aromatic carbocycles. The molecule has 1 unspecified atom stereocenters. The molecule has 6 nitrogen and oxygen atoms in total. The highest BCUT2D eigenvalue weighted by Crippen LogP contribution is 2.20. The second-order valence-corrected chi connectivity index (χ2v) is 5.11. The van der Waals surface area contributed by atoms with Gasteiger partial charge in [0.2, 0.25) is 5.91 Å². The molecule has 108 valence electrons. The molecule has 19 heavy (non-hydrogen) atoms. The lowest BCUT2D eigenvalue weighted by molar-refractivity contribution is -0.161. The number of nitrogens with zero attached hydrogens (tertiary/aromatic N) is 1. The maximum atomic E-state index is 12.0. The zero-order chi connectivity index (χ0) is 13.7. The molecule has 1 heterocycles. The number of morpholine rings is 1. The van der Waals surface area contributed by atoms with E-state index in [0.29, 0.717) is 6.54 Å². The highest BCUT2D eigenvalue weighted by atomic mass is 16.5. The second kappa shape index (κ2) is 6.86. The number of carboxylic acid groups (broad SMARTS) is 1. The molecule has 0 aromatic rings. The molecule has 0 aromatic heterocycles. The number of carbonyl (C=O) groups is 2. The smallest absolute Gasteiger partial charge is 0.334 e. The minimum Gasteiger partial charge on any atom is -0.479 e. The van der Waals surface area contributed by atoms with Crippen LogP contribution in [-0.2, 0) is 19.1 Å². The fourth-order valence-electron chi connectivity index (χ4n) is 2.54. The van der Waals surface area contributed by atoms with Gasteiger partial charge in [0.05, 0.1) is 19.3 Å². The normalized spacial score (nSPS) is 25.3. The van der Waals surface area contributed by atoms with Gasteiger partial charge in [-0.2, -0.15) is 0 Å². The van der Waals surface area contributed by atoms with Gasteiger partial charge < -0.3 is 19.5 Å². The molecule has 2 fully saturated rings. The summed E-state index contributed by atoms with van der Waals surface area (Å²) in [6.07, 6.45) is 4.90. The third-order valence-corrected chi connectivity index (χ3v) is 3.69. The fourth-order valence-corrected chi connectivity index (χ4v) is 2.54. The Morgan fingerprint density at radius 3 is 2.68 bits per heavy atom. The van der Waals surface area contributed by atoms with Crippen LogP contribution in [0.2, 0.25) is 0 Å². The molecule has 1 amide bonds. The Morgan fingerprint density at radius 1 is 1.26 bits per heavy atom. The summed E-state index contributed by atoms with van der Waals surface area (Å²) in [5, 5.41) is 8.88. The fraction of sp³-hybridized carbons (Fsp3) is 0.846. The molecule has 2 aliphatic rings. The molecule has 2 rings (SSSR count). The molecule has 6 heteroatoms. The van der Waals surface area contributed by atoms with Crippen molar-refractivity contribution in [2.45, 2.75) is 44.3 Å². The van der Waals surface area contributed by atoms with E-state index in [4.69, 9.17) is 14.6 Å². The van der Waals surface area contributed by atoms with Crippen molar-refractivity contribution >= 4 is 11.9 Å². The molecule has 1 aliphatic carbocycles. The summed E-state index contributed by atoms with van der Waals surface area (Å²) in [6, 6.07) is 0. The summed E-state index contributed by atoms with van der Waals surface area (Å²) in [6.45, 7) is 0.877. The first kappa shape index (κ1) is 14.3. The first-order valence-corrected chi connectivity index (χ1v) is 6.90. The Balaban J connectivity index is 1.74. The van der Waals surface area contributed by atoms with Crippen LogP contribution >= 0.6 is 0 Å². The Kier molecular flexibility index (Phi) is 5.15. The third kappa shape index (κ3) is 4.18. The first-order chi connectivity index (χ1) is 9.16. The van der Waals surface area contributed by atoms with Gasteiger partial charge in [-0.15, -0.1) is 0 Å². The minimum atomic E-state index is -1.02. The summed E-state index contributed by atoms with van der Waals surface area (Å²) in [5.74, 6) is -1.16. The molecule has 1 N–H and O–H groups in total. The van der Waals surface area contributed by atoms with Gasteiger partial charge in [-0.3, -0.25) is 4.79 Å². The predicted molar refractivity (Wildman–Crippen MR) is 66.8 cm³/mol. The number of carbonyl (C=O) groups excluding carboxylic acids is 1. The van der Waals surface area contributed by atoms with Crippen molar-refractivity contribution in [1.82, 2.24) is 4.90 Å². The van der Waals surface area contributed by atoms with Gasteiger partial charge in [0.15, 0.2) is 6.10 Å². The SMILES string of the molecule is O=C(O)C1CN(C(=O)COC2CCCCC2)CCO1. The van der Waals surface area contributed by atoms with E-state index in [1.165, 1.54) is 11.3 Å². The van der Waals surface area contributed by atoms with Crippen LogP contribution in [0, 0.1) is 0 Å². The van der Waals surface area contributed by atoms with Gasteiger partial charge in [0.25, 0.3) is 0 Å². The van der Waals surface area contributed by atoms with E-state index in [0.717, 1.165) is 25.7 Å². The van der Waals surface area contributed by atoms with Crippen LogP contribution in [0.3, 0.4) is 0 Å². The highest BCUT2D eigenvalue weighted by Gasteiger charge is 2.29. The number of rotatable bonds is 4. The molecule has 1 saturated carbocycles. The van der Waals surface area contributed by atoms with Gasteiger partial charge in [0, 0.05) is 6.54 Å². The molecule has 1 saturated heterocycles. The van der Waals surface area contributed by atoms with Crippen molar-refractivity contribution in [3.8, 4) is 0 Å². The molecule has 1 aliphatic heterocycles. The van der Waals surface area contributed by atoms with E-state index in [-0.39, 0.29) is 31.8 Å². The monoisotopic (exact) mass is 271 g/mol. The standard InChI is InChI=1S/C13H21NO5/c15-12(9-19-10-4-2-1-3-5-10)14-6-7-18-11(8-14)13(16)17/h10-11H,1-9H2,(H,16,17). The van der Waals surface area contributed by atoms with E-state index in [1.54, 1.807) is 0 Å². The van der Waals surface area contributed by atoms with Gasteiger partial charge in [-0.05, 0) is 12.8 Å². The zero-order valence-corrected chi connectivity index (χ0v) is 11.0. The molecular weight excluding hydrogens is 250 g/mol. The Bertz CT molecular complexity index is 327. The number of hydrogen-bond donors (Lipinski definition) is 1. The van der Waals surface area contributed by atoms with Gasteiger partial charge in [-0.25, -0.2) is 4.79 Å². The van der Waals surface area contributed by atoms with Crippen LogP contribution in [0.15, 0.2) is 0 Å². The van der Waals surface area contributed by atoms with Crippen molar-refractivity contribution in [3.63, 3.8) is 0 Å². The molecule has 0 bridgehead atoms. The summed E-state index contributed by atoms with van der Waals surface area (Å²) in [4.78, 5) is 24.3. The average molecular weight is 271 g/mol. The largest absolute Gasteiger partial charge is 0.479 e. The number of aliphatic carboxylic acids is 1. The number of hydrogen-bond acceptors (Lipinski definition) is 4. The van der Waals surface area contributed by atoms with Gasteiger partial charge in [-0.1, -0.05) is 19.3 Å². The summed E-state index contributed by atoms with van der Waals surface area (Å²) < 4.78 is 10.7. The Labute approximate surface area is 112 Å². The lowest BCUT2D eigenvalue weighted by Gasteiger charge is -2.31. The third-order valence-electron chi connectivity index (χ3n) is 3.69. The lowest BCUT2D eigenvalue weighted by atomic mass is 9.98. The number of ether oxygens (including phenoxy) is 2. The first-order valence-electron chi connectivity index (χ1n) is 6.90. The van der Waals surface area contributed by atoms with Crippen LogP contribution in [-0.4, -0.2) is 60.4 Å². The van der Waals surface area contributed by atoms with E-state index in [9.17, 15) is 9.59 Å². The maximum Gasteiger partial charge on any atom is 0.334 e. The average Bonchev–Trinajstić information content (AvgIpc) is 2.46. The number of carboxylic acids is 1. The summed E-state index contributed by atoms with van der Waals surface area (Å²) in [7, 11) is 0. The van der Waals surface area contributed by atoms with Crippen molar-refractivity contribution in [2.75, 3.05) is 26.3 Å². The minimum absolute atomic E-state index is 0.0526. The zero-order valence-electron chi connectivity index (χ0n) is 11.0. The van der Waals surface area contributed by atoms with E-state index < -0.39 is 12.1 Å². The van der Waals surface area contributed by atoms with Crippen molar-refractivity contribution in [3.05, 3.63) is 0 Å². The van der Waals surface area contributed by atoms with Crippen LogP contribution in [0.5, 0.6) is 0 Å². The Hall–Kier alpha value is -1.14. The maximum absolute atomic E-state index is 12.0. The van der Waals surface area contributed by atoms with E-state index in [2.05, 4.69) is 0 Å². The van der Waals surface area contributed by atoms with Crippen LogP contribution in [0.25, 0.3) is 0 Å². The van der Waals surface area contributed by atoms with Crippen LogP contribution in [0.1, 0.15) is 32.1 Å². The van der Waals surface area contributed by atoms with E-state index in [1.807, 2.05) is 0 Å². The van der Waals surface area contributed by atoms with Gasteiger partial charge in [0.1, 0.15) is 6.61 Å². The summed E-state index contributed by atoms with van der Waals surface area (Å²) in [5.41, 5.74) is 0. The second-order valence-electron chi connectivity index (χ2n) is 5.11. The van der Waals surface area contributed by atoms with Crippen molar-refractivity contribution in [2.24, 2.45) is 0 Å². The highest BCUT2D eigenvalue weighted by molar-refractivity contribution is 5.79. The Morgan fingerprint density at radius 2 is 2.00 bits per heavy atom. The molecule has 1 atom stereocenters.